The fraction of sp³-hybridized carbons (Fsp3) is 0.391. The van der Waals surface area contributed by atoms with E-state index in [2.05, 4.69) is 45.6 Å². The molecule has 33 heavy (non-hydrogen) atoms. The lowest BCUT2D eigenvalue weighted by Crippen LogP contribution is -2.44. The summed E-state index contributed by atoms with van der Waals surface area (Å²) < 4.78 is 45.9. The first-order valence-electron chi connectivity index (χ1n) is 10.5. The van der Waals surface area contributed by atoms with Gasteiger partial charge in [-0.1, -0.05) is 23.8 Å². The van der Waals surface area contributed by atoms with E-state index < -0.39 is 12.1 Å². The number of benzene rings is 1. The van der Waals surface area contributed by atoms with Crippen LogP contribution in [-0.4, -0.2) is 50.4 Å². The number of aromatic nitrogens is 2. The largest absolute Gasteiger partial charge is 0.490 e. The molecule has 1 aromatic carbocycles. The number of imidazole rings is 1. The van der Waals surface area contributed by atoms with Crippen molar-refractivity contribution in [3.8, 4) is 11.3 Å². The van der Waals surface area contributed by atoms with Gasteiger partial charge < -0.3 is 18.8 Å². The van der Waals surface area contributed by atoms with Crippen molar-refractivity contribution in [1.82, 2.24) is 14.5 Å². The summed E-state index contributed by atoms with van der Waals surface area (Å²) in [6.07, 6.45) is -0.315. The number of ether oxygens (including phenoxy) is 1. The Morgan fingerprint density at radius 2 is 2.03 bits per heavy atom. The molecule has 7 nitrogen and oxygen atoms in total. The van der Waals surface area contributed by atoms with E-state index in [1.54, 1.807) is 6.26 Å². The van der Waals surface area contributed by atoms with Crippen LogP contribution in [0, 0.1) is 6.92 Å². The minimum Gasteiger partial charge on any atom is -0.475 e. The zero-order chi connectivity index (χ0) is 23.6. The number of alkyl halides is 3. The van der Waals surface area contributed by atoms with Crippen LogP contribution in [0.2, 0.25) is 0 Å². The predicted octanol–water partition coefficient (Wildman–Crippen LogP) is 4.26. The molecule has 1 atom stereocenters. The molecule has 0 bridgehead atoms. The lowest BCUT2D eigenvalue weighted by Gasteiger charge is -2.35. The number of halogens is 3. The molecule has 0 aliphatic carbocycles. The van der Waals surface area contributed by atoms with Gasteiger partial charge in [-0.15, -0.1) is 0 Å². The van der Waals surface area contributed by atoms with Crippen LogP contribution in [0.15, 0.2) is 53.3 Å². The molecule has 0 radical (unpaired) electrons. The number of carboxylic acids is 1. The Balaban J connectivity index is 0.000000325. The number of aryl methyl sites for hydroxylation is 1. The van der Waals surface area contributed by atoms with Crippen molar-refractivity contribution in [2.45, 2.75) is 44.8 Å². The number of nitrogens with zero attached hydrogens (tertiary/aromatic N) is 3. The number of hydrogen-bond acceptors (Lipinski definition) is 5. The number of hydrogen-bond donors (Lipinski definition) is 1. The van der Waals surface area contributed by atoms with Gasteiger partial charge >= 0.3 is 12.1 Å². The summed E-state index contributed by atoms with van der Waals surface area (Å²) in [7, 11) is 0. The molecule has 1 fully saturated rings. The zero-order valence-electron chi connectivity index (χ0n) is 18.0. The smallest absolute Gasteiger partial charge is 0.475 e. The minimum atomic E-state index is -5.08. The van der Waals surface area contributed by atoms with Crippen LogP contribution >= 0.6 is 0 Å². The summed E-state index contributed by atoms with van der Waals surface area (Å²) in [4.78, 5) is 15.9. The van der Waals surface area contributed by atoms with Gasteiger partial charge in [0.15, 0.2) is 0 Å². The van der Waals surface area contributed by atoms with Crippen molar-refractivity contribution in [1.29, 1.82) is 0 Å². The Labute approximate surface area is 188 Å². The van der Waals surface area contributed by atoms with E-state index in [0.29, 0.717) is 6.61 Å². The molecule has 2 aliphatic rings. The molecular formula is C23H24F3N3O4. The molecule has 1 N–H and O–H groups in total. The molecule has 0 saturated carbocycles. The van der Waals surface area contributed by atoms with Crippen LogP contribution in [0.3, 0.4) is 0 Å². The van der Waals surface area contributed by atoms with Gasteiger partial charge in [0.2, 0.25) is 0 Å². The molecule has 5 rings (SSSR count). The highest BCUT2D eigenvalue weighted by atomic mass is 19.4. The highest BCUT2D eigenvalue weighted by Gasteiger charge is 2.43. The van der Waals surface area contributed by atoms with Crippen LogP contribution in [0.1, 0.15) is 23.6 Å². The third kappa shape index (κ3) is 5.28. The quantitative estimate of drug-likeness (QED) is 0.625. The molecule has 2 aromatic heterocycles. The van der Waals surface area contributed by atoms with Gasteiger partial charge in [0, 0.05) is 18.7 Å². The van der Waals surface area contributed by atoms with Crippen molar-refractivity contribution in [2.75, 3.05) is 13.1 Å². The molecule has 0 amide bonds. The van der Waals surface area contributed by atoms with Gasteiger partial charge in [0.1, 0.15) is 23.8 Å². The first-order chi connectivity index (χ1) is 15.7. The number of carboxylic acid groups (broad SMARTS) is 1. The Morgan fingerprint density at radius 1 is 1.24 bits per heavy atom. The summed E-state index contributed by atoms with van der Waals surface area (Å²) in [6, 6.07) is 12.6. The third-order valence-corrected chi connectivity index (χ3v) is 5.80. The van der Waals surface area contributed by atoms with Gasteiger partial charge in [-0.3, -0.25) is 4.90 Å². The van der Waals surface area contributed by atoms with E-state index in [-0.39, 0.29) is 5.60 Å². The highest BCUT2D eigenvalue weighted by molar-refractivity contribution is 5.73. The summed E-state index contributed by atoms with van der Waals surface area (Å²) in [5.74, 6) is -0.717. The zero-order valence-corrected chi connectivity index (χ0v) is 18.0. The van der Waals surface area contributed by atoms with Crippen molar-refractivity contribution in [2.24, 2.45) is 0 Å². The van der Waals surface area contributed by atoms with Crippen LogP contribution in [0.25, 0.3) is 11.3 Å². The fourth-order valence-electron chi connectivity index (χ4n) is 4.22. The van der Waals surface area contributed by atoms with Crippen LogP contribution in [0.5, 0.6) is 0 Å². The van der Waals surface area contributed by atoms with E-state index >= 15 is 0 Å². The molecule has 2 aliphatic heterocycles. The van der Waals surface area contributed by atoms with E-state index in [1.807, 2.05) is 18.3 Å². The first-order valence-corrected chi connectivity index (χ1v) is 10.5. The van der Waals surface area contributed by atoms with Crippen molar-refractivity contribution < 1.29 is 32.2 Å². The van der Waals surface area contributed by atoms with Crippen LogP contribution in [-0.2, 0) is 29.2 Å². The monoisotopic (exact) mass is 463 g/mol. The number of rotatable bonds is 3. The normalized spacial score (nSPS) is 20.4. The average molecular weight is 463 g/mol. The van der Waals surface area contributed by atoms with Crippen LogP contribution in [0.4, 0.5) is 13.2 Å². The Hall–Kier alpha value is -3.11. The summed E-state index contributed by atoms with van der Waals surface area (Å²) >= 11 is 0. The summed E-state index contributed by atoms with van der Waals surface area (Å²) in [6.45, 7) is 6.38. The van der Waals surface area contributed by atoms with E-state index in [4.69, 9.17) is 19.1 Å². The minimum absolute atomic E-state index is 0.126. The van der Waals surface area contributed by atoms with E-state index in [9.17, 15) is 13.2 Å². The average Bonchev–Trinajstić information content (AvgIpc) is 3.49. The molecule has 1 unspecified atom stereocenters. The molecule has 1 saturated heterocycles. The van der Waals surface area contributed by atoms with Crippen LogP contribution < -0.4 is 0 Å². The second-order valence-electron chi connectivity index (χ2n) is 8.33. The Bertz CT molecular complexity index is 1110. The number of fused-ring (bicyclic) bond motifs is 1. The standard InChI is InChI=1S/C21H23N3O2.C2HF3O2/c1-16-4-2-5-17(10-16)19-11-22-20-13-26-21(15-24(19)20)7-8-23(14-21)12-18-6-3-9-25-18;3-2(4,5)1(6)7/h2-6,9-11H,7-8,12-15H2,1H3;(H,6,7). The van der Waals surface area contributed by atoms with Gasteiger partial charge in [-0.2, -0.15) is 13.2 Å². The Kier molecular flexibility index (Phi) is 6.31. The molecular weight excluding hydrogens is 439 g/mol. The summed E-state index contributed by atoms with van der Waals surface area (Å²) in [5.41, 5.74) is 3.56. The highest BCUT2D eigenvalue weighted by Crippen LogP contribution is 2.35. The van der Waals surface area contributed by atoms with Crippen molar-refractivity contribution >= 4 is 5.97 Å². The molecule has 176 valence electrons. The second-order valence-corrected chi connectivity index (χ2v) is 8.33. The Morgan fingerprint density at radius 3 is 2.70 bits per heavy atom. The lowest BCUT2D eigenvalue weighted by atomic mass is 10.0. The number of likely N-dealkylation sites (tertiary alicyclic amines) is 1. The molecule has 10 heteroatoms. The SMILES string of the molecule is Cc1cccc(-c2cnc3n2CC2(CCN(Cc4ccco4)C2)OC3)c1.O=C(O)C(F)(F)F. The van der Waals surface area contributed by atoms with Gasteiger partial charge in [-0.05, 0) is 31.5 Å². The number of carbonyl (C=O) groups is 1. The summed E-state index contributed by atoms with van der Waals surface area (Å²) in [5, 5.41) is 7.12. The fourth-order valence-corrected chi connectivity index (χ4v) is 4.22. The first kappa shape index (κ1) is 23.1. The maximum absolute atomic E-state index is 10.6. The number of aliphatic carboxylic acids is 1. The molecule has 4 heterocycles. The topological polar surface area (TPSA) is 80.7 Å². The van der Waals surface area contributed by atoms with E-state index in [1.165, 1.54) is 16.8 Å². The van der Waals surface area contributed by atoms with Gasteiger partial charge in [0.25, 0.3) is 0 Å². The third-order valence-electron chi connectivity index (χ3n) is 5.80. The lowest BCUT2D eigenvalue weighted by molar-refractivity contribution is -0.192. The molecule has 3 aromatic rings. The maximum atomic E-state index is 10.6. The van der Waals surface area contributed by atoms with E-state index in [0.717, 1.165) is 44.2 Å². The number of furan rings is 1. The van der Waals surface area contributed by atoms with Crippen molar-refractivity contribution in [3.63, 3.8) is 0 Å². The maximum Gasteiger partial charge on any atom is 0.490 e. The molecule has 1 spiro atoms. The predicted molar refractivity (Wildman–Crippen MR) is 112 cm³/mol. The second kappa shape index (κ2) is 9.03. The van der Waals surface area contributed by atoms with Gasteiger partial charge in [-0.25, -0.2) is 9.78 Å². The van der Waals surface area contributed by atoms with Crippen molar-refractivity contribution in [3.05, 3.63) is 66.0 Å². The van der Waals surface area contributed by atoms with Gasteiger partial charge in [0.05, 0.1) is 31.2 Å².